The molecular formula is C22H14Cl3NO3S2. The van der Waals surface area contributed by atoms with Crippen LogP contribution in [0.3, 0.4) is 0 Å². The molecule has 0 unspecified atom stereocenters. The van der Waals surface area contributed by atoms with Gasteiger partial charge < -0.3 is 10.1 Å². The highest BCUT2D eigenvalue weighted by Gasteiger charge is 2.25. The van der Waals surface area contributed by atoms with E-state index in [-0.39, 0.29) is 17.2 Å². The molecule has 0 spiro atoms. The SMILES string of the molecule is CCOC(=O)c1c(-c2ccc(Cl)cc2)csc1NC(=O)c1sc2cccc(Cl)c2c1Cl. The summed E-state index contributed by atoms with van der Waals surface area (Å²) in [5.41, 5.74) is 1.73. The van der Waals surface area contributed by atoms with E-state index in [1.165, 1.54) is 22.7 Å². The lowest BCUT2D eigenvalue weighted by Crippen LogP contribution is -2.14. The molecule has 0 aliphatic rings. The van der Waals surface area contributed by atoms with Gasteiger partial charge in [0, 0.05) is 26.1 Å². The minimum Gasteiger partial charge on any atom is -0.462 e. The molecule has 0 saturated carbocycles. The Balaban J connectivity index is 1.74. The number of esters is 1. The third kappa shape index (κ3) is 4.31. The molecule has 0 radical (unpaired) electrons. The summed E-state index contributed by atoms with van der Waals surface area (Å²) in [5, 5.41) is 7.00. The third-order valence-corrected chi connectivity index (χ3v) is 7.57. The van der Waals surface area contributed by atoms with Crippen molar-refractivity contribution < 1.29 is 14.3 Å². The number of anilines is 1. The van der Waals surface area contributed by atoms with E-state index in [9.17, 15) is 9.59 Å². The van der Waals surface area contributed by atoms with Crippen molar-refractivity contribution in [2.24, 2.45) is 0 Å². The maximum Gasteiger partial charge on any atom is 0.341 e. The summed E-state index contributed by atoms with van der Waals surface area (Å²) in [7, 11) is 0. The normalized spacial score (nSPS) is 11.0. The summed E-state index contributed by atoms with van der Waals surface area (Å²) in [5.74, 6) is -0.938. The van der Waals surface area contributed by atoms with Gasteiger partial charge in [-0.1, -0.05) is 53.0 Å². The number of thiophene rings is 2. The standard InChI is InChI=1S/C22H14Cl3NO3S2/c1-2-29-22(28)16-13(11-6-8-12(23)9-7-11)10-30-21(16)26-20(27)19-18(25)17-14(24)4-3-5-15(17)31-19/h3-10H,2H2,1H3,(H,26,27). The average Bonchev–Trinajstić information content (AvgIpc) is 3.31. The molecule has 0 bridgehead atoms. The molecule has 9 heteroatoms. The van der Waals surface area contributed by atoms with Gasteiger partial charge in [0.1, 0.15) is 15.4 Å². The van der Waals surface area contributed by atoms with E-state index in [0.717, 1.165) is 10.3 Å². The van der Waals surface area contributed by atoms with Crippen LogP contribution in [0.15, 0.2) is 47.8 Å². The fraction of sp³-hybridized carbons (Fsp3) is 0.0909. The zero-order valence-electron chi connectivity index (χ0n) is 16.0. The first-order chi connectivity index (χ1) is 14.9. The molecule has 0 saturated heterocycles. The van der Waals surface area contributed by atoms with Gasteiger partial charge in [-0.25, -0.2) is 4.79 Å². The second-order valence-corrected chi connectivity index (χ2v) is 9.55. The van der Waals surface area contributed by atoms with Crippen LogP contribution in [0, 0.1) is 0 Å². The predicted octanol–water partition coefficient (Wildman–Crippen LogP) is 8.02. The lowest BCUT2D eigenvalue weighted by molar-refractivity contribution is 0.0529. The molecule has 4 nitrogen and oxygen atoms in total. The Labute approximate surface area is 201 Å². The molecule has 0 aliphatic heterocycles. The van der Waals surface area contributed by atoms with Crippen molar-refractivity contribution >= 4 is 84.4 Å². The molecule has 2 heterocycles. The Morgan fingerprint density at radius 3 is 2.48 bits per heavy atom. The van der Waals surface area contributed by atoms with Crippen LogP contribution in [-0.4, -0.2) is 18.5 Å². The van der Waals surface area contributed by atoms with Crippen molar-refractivity contribution in [1.82, 2.24) is 0 Å². The zero-order valence-corrected chi connectivity index (χ0v) is 19.9. The van der Waals surface area contributed by atoms with Crippen LogP contribution < -0.4 is 5.32 Å². The maximum atomic E-state index is 13.0. The van der Waals surface area contributed by atoms with Crippen LogP contribution in [0.1, 0.15) is 27.0 Å². The molecule has 31 heavy (non-hydrogen) atoms. The minimum absolute atomic E-state index is 0.211. The highest BCUT2D eigenvalue weighted by Crippen LogP contribution is 2.41. The van der Waals surface area contributed by atoms with Gasteiger partial charge in [-0.2, -0.15) is 0 Å². The summed E-state index contributed by atoms with van der Waals surface area (Å²) in [6.45, 7) is 1.94. The molecule has 158 valence electrons. The Bertz CT molecular complexity index is 1300. The van der Waals surface area contributed by atoms with Crippen LogP contribution in [0.4, 0.5) is 5.00 Å². The summed E-state index contributed by atoms with van der Waals surface area (Å²) in [4.78, 5) is 26.1. The first-order valence-electron chi connectivity index (χ1n) is 9.13. The van der Waals surface area contributed by atoms with Crippen molar-refractivity contribution in [3.05, 3.63) is 73.4 Å². The lowest BCUT2D eigenvalue weighted by Gasteiger charge is -2.08. The molecule has 4 rings (SSSR count). The monoisotopic (exact) mass is 509 g/mol. The second-order valence-electron chi connectivity index (χ2n) is 6.39. The minimum atomic E-state index is -0.519. The van der Waals surface area contributed by atoms with Gasteiger partial charge in [0.2, 0.25) is 0 Å². The van der Waals surface area contributed by atoms with Crippen molar-refractivity contribution in [3.8, 4) is 11.1 Å². The Morgan fingerprint density at radius 1 is 1.06 bits per heavy atom. The van der Waals surface area contributed by atoms with Crippen molar-refractivity contribution in [2.75, 3.05) is 11.9 Å². The molecule has 4 aromatic rings. The van der Waals surface area contributed by atoms with E-state index >= 15 is 0 Å². The summed E-state index contributed by atoms with van der Waals surface area (Å²) in [6, 6.07) is 12.5. The summed E-state index contributed by atoms with van der Waals surface area (Å²) < 4.78 is 6.04. The van der Waals surface area contributed by atoms with Crippen LogP contribution in [0.2, 0.25) is 15.1 Å². The molecule has 0 atom stereocenters. The van der Waals surface area contributed by atoms with E-state index in [2.05, 4.69) is 5.32 Å². The van der Waals surface area contributed by atoms with Crippen molar-refractivity contribution in [1.29, 1.82) is 0 Å². The van der Waals surface area contributed by atoms with Gasteiger partial charge >= 0.3 is 5.97 Å². The number of benzene rings is 2. The topological polar surface area (TPSA) is 55.4 Å². The van der Waals surface area contributed by atoms with Gasteiger partial charge in [-0.15, -0.1) is 22.7 Å². The summed E-state index contributed by atoms with van der Waals surface area (Å²) >= 11 is 21.2. The maximum absolute atomic E-state index is 13.0. The fourth-order valence-corrected chi connectivity index (χ4v) is 6.00. The van der Waals surface area contributed by atoms with Gasteiger partial charge in [-0.05, 0) is 36.8 Å². The highest BCUT2D eigenvalue weighted by atomic mass is 35.5. The molecular weight excluding hydrogens is 497 g/mol. The largest absolute Gasteiger partial charge is 0.462 e. The highest BCUT2D eigenvalue weighted by molar-refractivity contribution is 7.22. The van der Waals surface area contributed by atoms with E-state index in [4.69, 9.17) is 39.5 Å². The smallest absolute Gasteiger partial charge is 0.341 e. The van der Waals surface area contributed by atoms with E-state index in [1.807, 2.05) is 18.2 Å². The molecule has 2 aromatic carbocycles. The first-order valence-corrected chi connectivity index (χ1v) is 12.0. The molecule has 0 aliphatic carbocycles. The predicted molar refractivity (Wildman–Crippen MR) is 131 cm³/mol. The van der Waals surface area contributed by atoms with E-state index < -0.39 is 11.9 Å². The van der Waals surface area contributed by atoms with Crippen LogP contribution >= 0.6 is 57.5 Å². The molecule has 1 N–H and O–H groups in total. The van der Waals surface area contributed by atoms with Crippen molar-refractivity contribution in [3.63, 3.8) is 0 Å². The average molecular weight is 511 g/mol. The number of hydrogen-bond acceptors (Lipinski definition) is 5. The number of nitrogens with one attached hydrogen (secondary N) is 1. The third-order valence-electron chi connectivity index (χ3n) is 4.47. The molecule has 2 aromatic heterocycles. The zero-order chi connectivity index (χ0) is 22.1. The number of rotatable bonds is 5. The number of ether oxygens (including phenoxy) is 1. The number of fused-ring (bicyclic) bond motifs is 1. The number of hydrogen-bond donors (Lipinski definition) is 1. The first kappa shape index (κ1) is 22.1. The van der Waals surface area contributed by atoms with Crippen molar-refractivity contribution in [2.45, 2.75) is 6.92 Å². The van der Waals surface area contributed by atoms with Crippen LogP contribution in [-0.2, 0) is 4.74 Å². The van der Waals surface area contributed by atoms with Crippen LogP contribution in [0.25, 0.3) is 21.2 Å². The number of carbonyl (C=O) groups excluding carboxylic acids is 2. The van der Waals surface area contributed by atoms with Gasteiger partial charge in [-0.3, -0.25) is 4.79 Å². The number of halogens is 3. The quantitative estimate of drug-likeness (QED) is 0.277. The Hall–Kier alpha value is -2.09. The van der Waals surface area contributed by atoms with Gasteiger partial charge in [0.05, 0.1) is 16.7 Å². The van der Waals surface area contributed by atoms with Gasteiger partial charge in [0.15, 0.2) is 0 Å². The summed E-state index contributed by atoms with van der Waals surface area (Å²) in [6.07, 6.45) is 0. The number of amides is 1. The van der Waals surface area contributed by atoms with E-state index in [0.29, 0.717) is 30.9 Å². The molecule has 1 amide bonds. The van der Waals surface area contributed by atoms with E-state index in [1.54, 1.807) is 36.6 Å². The fourth-order valence-electron chi connectivity index (χ4n) is 3.07. The number of carbonyl (C=O) groups is 2. The Morgan fingerprint density at radius 2 is 1.81 bits per heavy atom. The lowest BCUT2D eigenvalue weighted by atomic mass is 10.0. The van der Waals surface area contributed by atoms with Gasteiger partial charge in [0.25, 0.3) is 5.91 Å². The Kier molecular flexibility index (Phi) is 6.55. The van der Waals surface area contributed by atoms with Crippen LogP contribution in [0.5, 0.6) is 0 Å². The molecule has 0 fully saturated rings. The second kappa shape index (κ2) is 9.18.